The highest BCUT2D eigenvalue weighted by Crippen LogP contribution is 2.27. The van der Waals surface area contributed by atoms with Gasteiger partial charge in [-0.1, -0.05) is 23.9 Å². The summed E-state index contributed by atoms with van der Waals surface area (Å²) in [6.07, 6.45) is 0. The number of hydrogen-bond acceptors (Lipinski definition) is 4. The second kappa shape index (κ2) is 8.52. The molecule has 7 heteroatoms. The van der Waals surface area contributed by atoms with E-state index in [0.717, 1.165) is 30.5 Å². The van der Waals surface area contributed by atoms with Gasteiger partial charge in [-0.15, -0.1) is 10.2 Å². The normalized spacial score (nSPS) is 11.0. The van der Waals surface area contributed by atoms with Gasteiger partial charge in [0, 0.05) is 42.7 Å². The van der Waals surface area contributed by atoms with Crippen molar-refractivity contribution in [2.24, 2.45) is 7.05 Å². The molecule has 0 fully saturated rings. The summed E-state index contributed by atoms with van der Waals surface area (Å²) in [5.74, 6) is -0.612. The Labute approximate surface area is 162 Å². The molecular formula is C20H22F2N4S. The molecule has 0 radical (unpaired) electrons. The fourth-order valence-corrected chi connectivity index (χ4v) is 3.79. The lowest BCUT2D eigenvalue weighted by atomic mass is 10.2. The predicted molar refractivity (Wildman–Crippen MR) is 106 cm³/mol. The molecule has 4 nitrogen and oxygen atoms in total. The lowest BCUT2D eigenvalue weighted by Gasteiger charge is -2.21. The Bertz CT molecular complexity index is 905. The van der Waals surface area contributed by atoms with Crippen LogP contribution in [0.2, 0.25) is 0 Å². The Morgan fingerprint density at radius 1 is 1.00 bits per heavy atom. The maximum atomic E-state index is 13.8. The van der Waals surface area contributed by atoms with Crippen LogP contribution in [0.3, 0.4) is 0 Å². The minimum absolute atomic E-state index is 0.288. The van der Waals surface area contributed by atoms with Crippen LogP contribution in [0.1, 0.15) is 19.4 Å². The van der Waals surface area contributed by atoms with Crippen LogP contribution in [0.15, 0.2) is 47.6 Å². The molecule has 27 heavy (non-hydrogen) atoms. The van der Waals surface area contributed by atoms with Gasteiger partial charge >= 0.3 is 0 Å². The molecule has 0 aliphatic carbocycles. The summed E-state index contributed by atoms with van der Waals surface area (Å²) in [5.41, 5.74) is 2.44. The fourth-order valence-electron chi connectivity index (χ4n) is 2.90. The van der Waals surface area contributed by atoms with E-state index in [1.807, 2.05) is 23.7 Å². The molecule has 0 unspecified atom stereocenters. The standard InChI is InChI=1S/C20H22F2N4S/c1-4-26(5-2)16-11-9-14(10-12-16)19-23-24-20(25(19)3)27-13-15-7-6-8-17(21)18(15)22/h6-12H,4-5,13H2,1-3H3. The van der Waals surface area contributed by atoms with Crippen LogP contribution in [0.5, 0.6) is 0 Å². The molecule has 0 amide bonds. The number of thioether (sulfide) groups is 1. The molecule has 0 saturated carbocycles. The Kier molecular flexibility index (Phi) is 6.11. The largest absolute Gasteiger partial charge is 0.372 e. The van der Waals surface area contributed by atoms with Gasteiger partial charge in [0.1, 0.15) is 0 Å². The van der Waals surface area contributed by atoms with Crippen LogP contribution in [0, 0.1) is 11.6 Å². The zero-order valence-corrected chi connectivity index (χ0v) is 16.4. The maximum absolute atomic E-state index is 13.8. The van der Waals surface area contributed by atoms with Crippen molar-refractivity contribution in [2.75, 3.05) is 18.0 Å². The number of hydrogen-bond donors (Lipinski definition) is 0. The lowest BCUT2D eigenvalue weighted by Crippen LogP contribution is -2.21. The van der Waals surface area contributed by atoms with Gasteiger partial charge < -0.3 is 9.47 Å². The molecule has 0 bridgehead atoms. The van der Waals surface area contributed by atoms with Gasteiger partial charge in [0.15, 0.2) is 22.6 Å². The zero-order valence-electron chi connectivity index (χ0n) is 15.6. The number of nitrogens with zero attached hydrogens (tertiary/aromatic N) is 4. The van der Waals surface area contributed by atoms with Crippen LogP contribution < -0.4 is 4.90 Å². The Morgan fingerprint density at radius 3 is 2.37 bits per heavy atom. The first-order valence-corrected chi connectivity index (χ1v) is 9.84. The average Bonchev–Trinajstić information content (AvgIpc) is 3.05. The van der Waals surface area contributed by atoms with E-state index in [2.05, 4.69) is 41.1 Å². The van der Waals surface area contributed by atoms with E-state index in [4.69, 9.17) is 0 Å². The van der Waals surface area contributed by atoms with Gasteiger partial charge in [-0.25, -0.2) is 8.78 Å². The van der Waals surface area contributed by atoms with Crippen molar-refractivity contribution < 1.29 is 8.78 Å². The smallest absolute Gasteiger partial charge is 0.191 e. The van der Waals surface area contributed by atoms with Gasteiger partial charge in [-0.05, 0) is 44.2 Å². The van der Waals surface area contributed by atoms with Crippen molar-refractivity contribution in [3.05, 3.63) is 59.7 Å². The number of aromatic nitrogens is 3. The van der Waals surface area contributed by atoms with Crippen molar-refractivity contribution in [3.63, 3.8) is 0 Å². The van der Waals surface area contributed by atoms with Crippen LogP contribution in [-0.4, -0.2) is 27.9 Å². The summed E-state index contributed by atoms with van der Waals surface area (Å²) >= 11 is 1.33. The van der Waals surface area contributed by atoms with E-state index < -0.39 is 11.6 Å². The third-order valence-corrected chi connectivity index (χ3v) is 5.55. The molecule has 3 aromatic rings. The van der Waals surface area contributed by atoms with Crippen LogP contribution in [0.25, 0.3) is 11.4 Å². The maximum Gasteiger partial charge on any atom is 0.191 e. The summed E-state index contributed by atoms with van der Waals surface area (Å²) in [6, 6.07) is 12.4. The highest BCUT2D eigenvalue weighted by molar-refractivity contribution is 7.98. The quantitative estimate of drug-likeness (QED) is 0.539. The van der Waals surface area contributed by atoms with Crippen molar-refractivity contribution in [2.45, 2.75) is 24.8 Å². The zero-order chi connectivity index (χ0) is 19.4. The number of anilines is 1. The minimum atomic E-state index is -0.833. The fraction of sp³-hybridized carbons (Fsp3) is 0.300. The first kappa shape index (κ1) is 19.4. The van der Waals surface area contributed by atoms with Crippen molar-refractivity contribution in [1.29, 1.82) is 0 Å². The third-order valence-electron chi connectivity index (χ3n) is 4.48. The van der Waals surface area contributed by atoms with Crippen molar-refractivity contribution in [1.82, 2.24) is 14.8 Å². The van der Waals surface area contributed by atoms with E-state index in [1.165, 1.54) is 23.5 Å². The first-order chi connectivity index (χ1) is 13.0. The molecule has 1 aromatic heterocycles. The molecule has 0 N–H and O–H groups in total. The summed E-state index contributed by atoms with van der Waals surface area (Å²) in [6.45, 7) is 6.17. The molecule has 2 aromatic carbocycles. The SMILES string of the molecule is CCN(CC)c1ccc(-c2nnc(SCc3cccc(F)c3F)n2C)cc1. The van der Waals surface area contributed by atoms with Crippen molar-refractivity contribution >= 4 is 17.4 Å². The Balaban J connectivity index is 1.76. The van der Waals surface area contributed by atoms with E-state index in [-0.39, 0.29) is 5.75 Å². The molecule has 0 aliphatic rings. The molecule has 0 saturated heterocycles. The molecule has 1 heterocycles. The lowest BCUT2D eigenvalue weighted by molar-refractivity contribution is 0.502. The number of rotatable bonds is 7. The van der Waals surface area contributed by atoms with Crippen LogP contribution in [0.4, 0.5) is 14.5 Å². The first-order valence-electron chi connectivity index (χ1n) is 8.85. The summed E-state index contributed by atoms with van der Waals surface area (Å²) in [4.78, 5) is 2.27. The van der Waals surface area contributed by atoms with Crippen LogP contribution >= 0.6 is 11.8 Å². The predicted octanol–water partition coefficient (Wildman–Crippen LogP) is 4.90. The van der Waals surface area contributed by atoms with Gasteiger partial charge in [0.25, 0.3) is 0 Å². The summed E-state index contributed by atoms with van der Waals surface area (Å²) < 4.78 is 29.0. The summed E-state index contributed by atoms with van der Waals surface area (Å²) in [7, 11) is 1.87. The molecule has 0 spiro atoms. The molecule has 0 atom stereocenters. The van der Waals surface area contributed by atoms with E-state index in [1.54, 1.807) is 6.07 Å². The molecule has 3 rings (SSSR count). The Hall–Kier alpha value is -2.41. The van der Waals surface area contributed by atoms with Crippen molar-refractivity contribution in [3.8, 4) is 11.4 Å². The molecule has 0 aliphatic heterocycles. The van der Waals surface area contributed by atoms with Gasteiger partial charge in [-0.2, -0.15) is 0 Å². The third kappa shape index (κ3) is 4.13. The Morgan fingerprint density at radius 2 is 1.70 bits per heavy atom. The van der Waals surface area contributed by atoms with E-state index >= 15 is 0 Å². The highest BCUT2D eigenvalue weighted by Gasteiger charge is 2.14. The van der Waals surface area contributed by atoms with Gasteiger partial charge in [0.05, 0.1) is 0 Å². The number of halogens is 2. The van der Waals surface area contributed by atoms with E-state index in [9.17, 15) is 8.78 Å². The average molecular weight is 388 g/mol. The van der Waals surface area contributed by atoms with Gasteiger partial charge in [-0.3, -0.25) is 0 Å². The van der Waals surface area contributed by atoms with E-state index in [0.29, 0.717) is 10.7 Å². The summed E-state index contributed by atoms with van der Waals surface area (Å²) in [5, 5.41) is 9.12. The highest BCUT2D eigenvalue weighted by atomic mass is 32.2. The monoisotopic (exact) mass is 388 g/mol. The topological polar surface area (TPSA) is 34.0 Å². The molecule has 142 valence electrons. The second-order valence-corrected chi connectivity index (χ2v) is 7.03. The minimum Gasteiger partial charge on any atom is -0.372 e. The van der Waals surface area contributed by atoms with Crippen LogP contribution in [-0.2, 0) is 12.8 Å². The second-order valence-electron chi connectivity index (χ2n) is 6.09. The number of benzene rings is 2. The van der Waals surface area contributed by atoms with Gasteiger partial charge in [0.2, 0.25) is 0 Å². The molecular weight excluding hydrogens is 366 g/mol.